The first-order valence-corrected chi connectivity index (χ1v) is 13.2. The van der Waals surface area contributed by atoms with E-state index in [1.807, 2.05) is 0 Å². The van der Waals surface area contributed by atoms with Crippen LogP contribution in [0.25, 0.3) is 88.0 Å². The van der Waals surface area contributed by atoms with E-state index in [0.29, 0.717) is 0 Å². The smallest absolute Gasteiger partial charge is 0.135 e. The van der Waals surface area contributed by atoms with Crippen LogP contribution in [0, 0.1) is 0 Å². The standard InChI is InChI=1S/C44H28O/c1-2-12-30(13-3-1)33-14-4-5-16-35(33)44-38-19-8-6-17-36(38)43(37-18-7-9-20-39(37)44)31-24-22-29(23-25-31)32-26-27-42-40(28-32)34-15-10-11-21-41(34)45-42/h1-28H/i1D,2D,3D,4D,5D,6D,7D,8D,9D,10D,11D,12D,13D,14D,15D,16D,17D,18D,19D,20D,21D,22D,23D,24D,25D,26D,27D,28D. The highest BCUT2D eigenvalue weighted by molar-refractivity contribution is 6.22. The first-order chi connectivity index (χ1) is 34.0. The fourth-order valence-corrected chi connectivity index (χ4v) is 5.18. The van der Waals surface area contributed by atoms with Gasteiger partial charge in [0.25, 0.3) is 0 Å². The van der Waals surface area contributed by atoms with Crippen LogP contribution < -0.4 is 0 Å². The summed E-state index contributed by atoms with van der Waals surface area (Å²) in [7, 11) is 0. The molecule has 0 aliphatic heterocycles. The largest absolute Gasteiger partial charge is 0.456 e. The van der Waals surface area contributed by atoms with Crippen LogP contribution in [0.15, 0.2) is 174 Å². The molecule has 9 aromatic rings. The lowest BCUT2D eigenvalue weighted by atomic mass is 9.83. The van der Waals surface area contributed by atoms with Gasteiger partial charge in [-0.25, -0.2) is 0 Å². The van der Waals surface area contributed by atoms with Crippen molar-refractivity contribution in [1.82, 2.24) is 0 Å². The molecule has 1 heteroatoms. The van der Waals surface area contributed by atoms with Crippen LogP contribution in [0.2, 0.25) is 0 Å². The van der Waals surface area contributed by atoms with Gasteiger partial charge in [-0.1, -0.05) is 151 Å². The number of para-hydroxylation sites is 1. The van der Waals surface area contributed by atoms with E-state index in [1.165, 1.54) is 0 Å². The van der Waals surface area contributed by atoms with Crippen LogP contribution in [0.3, 0.4) is 0 Å². The van der Waals surface area contributed by atoms with E-state index < -0.39 is 257 Å². The Balaban J connectivity index is 1.54. The number of rotatable bonds is 4. The Morgan fingerprint density at radius 2 is 0.800 bits per heavy atom. The molecule has 0 atom stereocenters. The number of hydrogen-bond acceptors (Lipinski definition) is 1. The molecule has 0 aliphatic rings. The lowest BCUT2D eigenvalue weighted by Crippen LogP contribution is -1.92. The van der Waals surface area contributed by atoms with Crippen LogP contribution in [0.4, 0.5) is 0 Å². The Morgan fingerprint density at radius 3 is 1.49 bits per heavy atom. The van der Waals surface area contributed by atoms with Crippen LogP contribution >= 0.6 is 0 Å². The zero-order valence-corrected chi connectivity index (χ0v) is 22.4. The average Bonchev–Trinajstić information content (AvgIpc) is 3.78. The van der Waals surface area contributed by atoms with Gasteiger partial charge < -0.3 is 4.42 Å². The van der Waals surface area contributed by atoms with Gasteiger partial charge in [0, 0.05) is 10.8 Å². The molecule has 1 heterocycles. The maximum absolute atomic E-state index is 9.55. The highest BCUT2D eigenvalue weighted by atomic mass is 16.3. The summed E-state index contributed by atoms with van der Waals surface area (Å²) in [5.41, 5.74) is -7.64. The van der Waals surface area contributed by atoms with Crippen molar-refractivity contribution in [2.75, 3.05) is 0 Å². The lowest BCUT2D eigenvalue weighted by molar-refractivity contribution is 0.669. The van der Waals surface area contributed by atoms with Gasteiger partial charge in [0.2, 0.25) is 0 Å². The summed E-state index contributed by atoms with van der Waals surface area (Å²) in [5.74, 6) is 0. The highest BCUT2D eigenvalue weighted by Gasteiger charge is 2.18. The second kappa shape index (κ2) is 10.4. The third kappa shape index (κ3) is 4.17. The second-order valence-electron chi connectivity index (χ2n) is 9.51. The van der Waals surface area contributed by atoms with Crippen molar-refractivity contribution >= 4 is 43.5 Å². The second-order valence-corrected chi connectivity index (χ2v) is 9.51. The van der Waals surface area contributed by atoms with E-state index in [9.17, 15) is 13.7 Å². The maximum atomic E-state index is 9.55. The maximum Gasteiger partial charge on any atom is 0.135 e. The first kappa shape index (κ1) is 10.1. The molecule has 0 radical (unpaired) electrons. The molecule has 45 heavy (non-hydrogen) atoms. The molecule has 0 bridgehead atoms. The zero-order chi connectivity index (χ0) is 54.1. The van der Waals surface area contributed by atoms with E-state index in [-0.39, 0.29) is 0 Å². The monoisotopic (exact) mass is 600 g/mol. The van der Waals surface area contributed by atoms with Crippen molar-refractivity contribution in [2.45, 2.75) is 0 Å². The molecule has 0 amide bonds. The number of hydrogen-bond donors (Lipinski definition) is 0. The Bertz CT molecular complexity index is 3980. The molecular weight excluding hydrogens is 544 g/mol. The number of furan rings is 1. The Labute approximate surface area is 301 Å². The van der Waals surface area contributed by atoms with E-state index >= 15 is 0 Å². The lowest BCUT2D eigenvalue weighted by Gasteiger charge is -2.19. The Morgan fingerprint density at radius 1 is 0.311 bits per heavy atom. The van der Waals surface area contributed by atoms with Crippen LogP contribution in [-0.4, -0.2) is 0 Å². The molecule has 0 N–H and O–H groups in total. The van der Waals surface area contributed by atoms with E-state index in [1.54, 1.807) is 0 Å². The summed E-state index contributed by atoms with van der Waals surface area (Å²) in [6.07, 6.45) is 0. The van der Waals surface area contributed by atoms with E-state index in [4.69, 9.17) is 29.1 Å². The van der Waals surface area contributed by atoms with Gasteiger partial charge in [0.1, 0.15) is 11.2 Å². The number of fused-ring (bicyclic) bond motifs is 5. The fraction of sp³-hybridized carbons (Fsp3) is 0. The molecule has 1 nitrogen and oxygen atoms in total. The topological polar surface area (TPSA) is 13.1 Å². The third-order valence-corrected chi connectivity index (χ3v) is 7.07. The summed E-state index contributed by atoms with van der Waals surface area (Å²) in [4.78, 5) is 0. The zero-order valence-electron chi connectivity index (χ0n) is 50.4. The minimum Gasteiger partial charge on any atom is -0.456 e. The molecule has 9 rings (SSSR count). The predicted octanol–water partition coefficient (Wildman–Crippen LogP) is 12.6. The van der Waals surface area contributed by atoms with E-state index in [0.717, 1.165) is 0 Å². The summed E-state index contributed by atoms with van der Waals surface area (Å²) in [6.45, 7) is 0. The third-order valence-electron chi connectivity index (χ3n) is 7.07. The fourth-order valence-electron chi connectivity index (χ4n) is 5.18. The minimum atomic E-state index is -1.11. The molecule has 210 valence electrons. The highest BCUT2D eigenvalue weighted by Crippen LogP contribution is 2.46. The first-order valence-electron chi connectivity index (χ1n) is 27.2. The van der Waals surface area contributed by atoms with Crippen LogP contribution in [0.5, 0.6) is 0 Å². The Kier molecular flexibility index (Phi) is 2.32. The molecule has 0 saturated heterocycles. The van der Waals surface area contributed by atoms with Gasteiger partial charge >= 0.3 is 0 Å². The van der Waals surface area contributed by atoms with Gasteiger partial charge in [-0.05, 0) is 84.2 Å². The molecule has 0 unspecified atom stereocenters. The van der Waals surface area contributed by atoms with E-state index in [2.05, 4.69) is 0 Å². The Hall–Kier alpha value is -5.92. The summed E-state index contributed by atoms with van der Waals surface area (Å²) < 4.78 is 256. The molecule has 1 aromatic heterocycles. The molecule has 0 fully saturated rings. The molecule has 0 saturated carbocycles. The summed E-state index contributed by atoms with van der Waals surface area (Å²) >= 11 is 0. The van der Waals surface area contributed by atoms with Crippen molar-refractivity contribution in [3.63, 3.8) is 0 Å². The van der Waals surface area contributed by atoms with Gasteiger partial charge in [-0.15, -0.1) is 0 Å². The van der Waals surface area contributed by atoms with Gasteiger partial charge in [-0.3, -0.25) is 0 Å². The quantitative estimate of drug-likeness (QED) is 0.183. The van der Waals surface area contributed by atoms with Crippen molar-refractivity contribution in [1.29, 1.82) is 0 Å². The van der Waals surface area contributed by atoms with Gasteiger partial charge in [0.15, 0.2) is 0 Å². The predicted molar refractivity (Wildman–Crippen MR) is 190 cm³/mol. The summed E-state index contributed by atoms with van der Waals surface area (Å²) in [6, 6.07) is -27.1. The molecule has 0 spiro atoms. The van der Waals surface area contributed by atoms with Crippen molar-refractivity contribution in [3.05, 3.63) is 169 Å². The molecule has 0 aliphatic carbocycles. The van der Waals surface area contributed by atoms with Gasteiger partial charge in [0.05, 0.1) is 38.4 Å². The van der Waals surface area contributed by atoms with Gasteiger partial charge in [-0.2, -0.15) is 0 Å². The minimum absolute atomic E-state index is 0.396. The summed E-state index contributed by atoms with van der Waals surface area (Å²) in [5, 5.41) is -4.06. The number of benzene rings is 8. The van der Waals surface area contributed by atoms with Crippen molar-refractivity contribution < 1.29 is 42.8 Å². The SMILES string of the molecule is [2H]c1c([2H])c([2H])c(-c2c([2H])c([2H])c([2H])c([2H])c2-c2c3c([2H])c([2H])c([2H])c([2H])c3c(-c3c([2H])c([2H])c(-c4c([2H])c([2H])c5oc6c([2H])c([2H])c([2H])c([2H])c6c5c4[2H])c([2H])c3[2H])c3c([2H])c([2H])c([2H])c([2H])c23)c([2H])c1[2H]. The molecule has 8 aromatic carbocycles. The molecular formula is C44H28O. The van der Waals surface area contributed by atoms with Crippen LogP contribution in [-0.2, 0) is 0 Å². The normalized spacial score (nSPS) is 20.3. The van der Waals surface area contributed by atoms with Crippen molar-refractivity contribution in [2.24, 2.45) is 0 Å². The van der Waals surface area contributed by atoms with Crippen LogP contribution in [0.1, 0.15) is 38.4 Å². The average molecular weight is 601 g/mol. The van der Waals surface area contributed by atoms with Crippen molar-refractivity contribution in [3.8, 4) is 44.5 Å².